The van der Waals surface area contributed by atoms with E-state index in [1.807, 2.05) is 19.1 Å². The Bertz CT molecular complexity index is 366. The van der Waals surface area contributed by atoms with Crippen LogP contribution in [0.25, 0.3) is 6.08 Å². The number of hydrogen-bond donors (Lipinski definition) is 2. The summed E-state index contributed by atoms with van der Waals surface area (Å²) in [4.78, 5) is 10.2. The van der Waals surface area contributed by atoms with Crippen molar-refractivity contribution in [3.63, 3.8) is 0 Å². The second-order valence-electron chi connectivity index (χ2n) is 2.56. The summed E-state index contributed by atoms with van der Waals surface area (Å²) in [6, 6.07) is 3.00. The number of primary amides is 1. The number of hydrogen-bond acceptors (Lipinski definition) is 3. The number of furan rings is 1. The molecule has 0 saturated carbocycles. The van der Waals surface area contributed by atoms with E-state index in [2.05, 4.69) is 10.5 Å². The lowest BCUT2D eigenvalue weighted by molar-refractivity contribution is 0.249. The Balaban J connectivity index is 2.41. The Morgan fingerprint density at radius 3 is 3.00 bits per heavy atom. The lowest BCUT2D eigenvalue weighted by Gasteiger charge is -1.86. The van der Waals surface area contributed by atoms with Gasteiger partial charge in [-0.2, -0.15) is 5.10 Å². The monoisotopic (exact) mass is 193 g/mol. The van der Waals surface area contributed by atoms with Gasteiger partial charge >= 0.3 is 6.03 Å². The average Bonchev–Trinajstić information content (AvgIpc) is 2.50. The van der Waals surface area contributed by atoms with E-state index < -0.39 is 6.03 Å². The Kier molecular flexibility index (Phi) is 3.49. The number of hydrazone groups is 1. The molecule has 0 aliphatic rings. The highest BCUT2D eigenvalue weighted by atomic mass is 16.3. The van der Waals surface area contributed by atoms with Crippen molar-refractivity contribution < 1.29 is 9.21 Å². The topological polar surface area (TPSA) is 80.6 Å². The maximum absolute atomic E-state index is 10.2. The van der Waals surface area contributed by atoms with Gasteiger partial charge in [0.15, 0.2) is 0 Å². The van der Waals surface area contributed by atoms with Gasteiger partial charge in [0, 0.05) is 6.21 Å². The van der Waals surface area contributed by atoms with E-state index in [0.29, 0.717) is 0 Å². The summed E-state index contributed by atoms with van der Waals surface area (Å²) in [5, 5.41) is 3.51. The van der Waals surface area contributed by atoms with Gasteiger partial charge in [-0.1, -0.05) is 0 Å². The summed E-state index contributed by atoms with van der Waals surface area (Å²) in [5.41, 5.74) is 6.85. The standard InChI is InChI=1S/C9H11N3O2/c1-7-4-5-8(14-7)3-2-6-11-12-9(10)13/h2-6H,1H3,(H3,10,12,13)/b3-2+,11-6+. The van der Waals surface area contributed by atoms with Gasteiger partial charge in [-0.05, 0) is 31.2 Å². The molecule has 0 aromatic carbocycles. The van der Waals surface area contributed by atoms with Crippen molar-refractivity contribution in [3.05, 3.63) is 29.7 Å². The second kappa shape index (κ2) is 4.86. The minimum Gasteiger partial charge on any atom is -0.462 e. The fourth-order valence-corrected chi connectivity index (χ4v) is 0.825. The Morgan fingerprint density at radius 1 is 1.64 bits per heavy atom. The smallest absolute Gasteiger partial charge is 0.332 e. The molecule has 14 heavy (non-hydrogen) atoms. The minimum atomic E-state index is -0.691. The van der Waals surface area contributed by atoms with Crippen molar-refractivity contribution >= 4 is 18.3 Å². The molecule has 5 heteroatoms. The maximum atomic E-state index is 10.2. The molecule has 0 aliphatic carbocycles. The van der Waals surface area contributed by atoms with Crippen molar-refractivity contribution in [2.45, 2.75) is 6.92 Å². The van der Waals surface area contributed by atoms with Crippen molar-refractivity contribution in [1.29, 1.82) is 0 Å². The number of amides is 2. The van der Waals surface area contributed by atoms with Crippen LogP contribution >= 0.6 is 0 Å². The SMILES string of the molecule is Cc1ccc(/C=C/C=N/NC(N)=O)o1. The molecule has 0 unspecified atom stereocenters. The van der Waals surface area contributed by atoms with E-state index in [-0.39, 0.29) is 0 Å². The molecule has 0 fully saturated rings. The van der Waals surface area contributed by atoms with Crippen LogP contribution in [0.1, 0.15) is 11.5 Å². The molecular weight excluding hydrogens is 182 g/mol. The zero-order valence-corrected chi connectivity index (χ0v) is 7.73. The summed E-state index contributed by atoms with van der Waals surface area (Å²) in [6.45, 7) is 1.86. The van der Waals surface area contributed by atoms with Crippen molar-refractivity contribution in [1.82, 2.24) is 5.43 Å². The van der Waals surface area contributed by atoms with Crippen LogP contribution in [-0.2, 0) is 0 Å². The molecule has 0 saturated heterocycles. The lowest BCUT2D eigenvalue weighted by atomic mass is 10.4. The number of nitrogens with two attached hydrogens (primary N) is 1. The van der Waals surface area contributed by atoms with Gasteiger partial charge in [-0.15, -0.1) is 0 Å². The number of rotatable bonds is 3. The summed E-state index contributed by atoms with van der Waals surface area (Å²) in [5.74, 6) is 1.57. The van der Waals surface area contributed by atoms with Crippen LogP contribution in [0, 0.1) is 6.92 Å². The van der Waals surface area contributed by atoms with Gasteiger partial charge in [-0.25, -0.2) is 10.2 Å². The Morgan fingerprint density at radius 2 is 2.43 bits per heavy atom. The first-order valence-corrected chi connectivity index (χ1v) is 4.00. The van der Waals surface area contributed by atoms with Crippen LogP contribution in [0.3, 0.4) is 0 Å². The van der Waals surface area contributed by atoms with E-state index in [4.69, 9.17) is 10.2 Å². The molecule has 1 rings (SSSR count). The number of nitrogens with one attached hydrogen (secondary N) is 1. The van der Waals surface area contributed by atoms with E-state index in [1.54, 1.807) is 12.2 Å². The molecule has 2 amide bonds. The number of allylic oxidation sites excluding steroid dienone is 1. The molecule has 3 N–H and O–H groups in total. The molecule has 74 valence electrons. The molecule has 0 radical (unpaired) electrons. The predicted octanol–water partition coefficient (Wildman–Crippen LogP) is 1.26. The van der Waals surface area contributed by atoms with Crippen molar-refractivity contribution in [2.75, 3.05) is 0 Å². The molecule has 0 aliphatic heterocycles. The maximum Gasteiger partial charge on any atom is 0.332 e. The van der Waals surface area contributed by atoms with E-state index in [1.165, 1.54) is 6.21 Å². The van der Waals surface area contributed by atoms with Crippen LogP contribution in [0.2, 0.25) is 0 Å². The number of nitrogens with zero attached hydrogens (tertiary/aromatic N) is 1. The number of carbonyl (C=O) groups is 1. The first kappa shape index (κ1) is 10.0. The van der Waals surface area contributed by atoms with Gasteiger partial charge in [0.05, 0.1) is 0 Å². The molecule has 0 atom stereocenters. The molecule has 5 nitrogen and oxygen atoms in total. The molecule has 0 bridgehead atoms. The van der Waals surface area contributed by atoms with Gasteiger partial charge in [0.2, 0.25) is 0 Å². The zero-order chi connectivity index (χ0) is 10.4. The van der Waals surface area contributed by atoms with Crippen LogP contribution < -0.4 is 11.2 Å². The highest BCUT2D eigenvalue weighted by Crippen LogP contribution is 2.06. The quantitative estimate of drug-likeness (QED) is 0.559. The summed E-state index contributed by atoms with van der Waals surface area (Å²) in [7, 11) is 0. The molecule has 1 aromatic rings. The summed E-state index contributed by atoms with van der Waals surface area (Å²) in [6.07, 6.45) is 4.76. The van der Waals surface area contributed by atoms with Gasteiger partial charge in [0.25, 0.3) is 0 Å². The minimum absolute atomic E-state index is 0.691. The first-order valence-electron chi connectivity index (χ1n) is 4.00. The third kappa shape index (κ3) is 3.57. The molecule has 1 aromatic heterocycles. The molecule has 1 heterocycles. The number of aryl methyl sites for hydroxylation is 1. The normalized spacial score (nSPS) is 11.2. The average molecular weight is 193 g/mol. The van der Waals surface area contributed by atoms with Gasteiger partial charge < -0.3 is 10.2 Å². The fraction of sp³-hybridized carbons (Fsp3) is 0.111. The van der Waals surface area contributed by atoms with Crippen molar-refractivity contribution in [3.8, 4) is 0 Å². The number of urea groups is 1. The van der Waals surface area contributed by atoms with Crippen LogP contribution in [0.5, 0.6) is 0 Å². The third-order valence-corrected chi connectivity index (χ3v) is 1.36. The molecular formula is C9H11N3O2. The van der Waals surface area contributed by atoms with Gasteiger partial charge in [0.1, 0.15) is 11.5 Å². The van der Waals surface area contributed by atoms with E-state index >= 15 is 0 Å². The molecule has 0 spiro atoms. The third-order valence-electron chi connectivity index (χ3n) is 1.36. The fourth-order valence-electron chi connectivity index (χ4n) is 0.825. The largest absolute Gasteiger partial charge is 0.462 e. The van der Waals surface area contributed by atoms with Crippen LogP contribution in [0.15, 0.2) is 27.7 Å². The van der Waals surface area contributed by atoms with Gasteiger partial charge in [-0.3, -0.25) is 0 Å². The zero-order valence-electron chi connectivity index (χ0n) is 7.73. The first-order chi connectivity index (χ1) is 6.68. The second-order valence-corrected chi connectivity index (χ2v) is 2.56. The van der Waals surface area contributed by atoms with Crippen LogP contribution in [-0.4, -0.2) is 12.2 Å². The highest BCUT2D eigenvalue weighted by molar-refractivity contribution is 5.79. The van der Waals surface area contributed by atoms with Crippen molar-refractivity contribution in [2.24, 2.45) is 10.8 Å². The Labute approximate surface area is 81.3 Å². The van der Waals surface area contributed by atoms with E-state index in [9.17, 15) is 4.79 Å². The van der Waals surface area contributed by atoms with Crippen LogP contribution in [0.4, 0.5) is 4.79 Å². The van der Waals surface area contributed by atoms with E-state index in [0.717, 1.165) is 11.5 Å². The Hall–Kier alpha value is -2.04. The lowest BCUT2D eigenvalue weighted by Crippen LogP contribution is -2.24. The summed E-state index contributed by atoms with van der Waals surface area (Å²) < 4.78 is 5.25. The highest BCUT2D eigenvalue weighted by Gasteiger charge is 1.90. The predicted molar refractivity (Wildman–Crippen MR) is 53.7 cm³/mol. The number of carbonyl (C=O) groups excluding carboxylic acids is 1. The summed E-state index contributed by atoms with van der Waals surface area (Å²) >= 11 is 0.